The first-order valence-electron chi connectivity index (χ1n) is 9.98. The monoisotopic (exact) mass is 408 g/mol. The summed E-state index contributed by atoms with van der Waals surface area (Å²) in [5.74, 6) is 1.55. The second kappa shape index (κ2) is 5.89. The summed E-state index contributed by atoms with van der Waals surface area (Å²) in [4.78, 5) is 0. The van der Waals surface area contributed by atoms with Crippen molar-refractivity contribution in [3.05, 3.63) is 46.1 Å². The fraction of sp³-hybridized carbons (Fsp3) is 0.450. The van der Waals surface area contributed by atoms with Crippen molar-refractivity contribution in [3.8, 4) is 11.4 Å². The van der Waals surface area contributed by atoms with E-state index < -0.39 is 0 Å². The molecule has 2 unspecified atom stereocenters. The van der Waals surface area contributed by atoms with E-state index in [-0.39, 0.29) is 0 Å². The molecule has 2 saturated carbocycles. The van der Waals surface area contributed by atoms with Crippen molar-refractivity contribution in [1.29, 1.82) is 0 Å². The van der Waals surface area contributed by atoms with Crippen LogP contribution in [0, 0.1) is 13.8 Å². The fourth-order valence-electron chi connectivity index (χ4n) is 4.19. The van der Waals surface area contributed by atoms with Crippen molar-refractivity contribution < 1.29 is 0 Å². The predicted octanol–water partition coefficient (Wildman–Crippen LogP) is 3.60. The number of hydrogen-bond acceptors (Lipinski definition) is 5. The Morgan fingerprint density at radius 3 is 2.66 bits per heavy atom. The molecule has 2 fully saturated rings. The molecule has 0 aromatic carbocycles. The molecule has 4 aromatic rings. The van der Waals surface area contributed by atoms with Crippen LogP contribution in [0.1, 0.15) is 59.8 Å². The summed E-state index contributed by atoms with van der Waals surface area (Å²) in [6.45, 7) is 3.94. The number of fused-ring (bicyclic) bond motifs is 1. The number of halogens is 1. The average molecular weight is 409 g/mol. The zero-order chi connectivity index (χ0) is 19.9. The second-order valence-electron chi connectivity index (χ2n) is 8.31. The second-order valence-corrected chi connectivity index (χ2v) is 8.67. The topological polar surface area (TPSA) is 78.7 Å². The average Bonchev–Trinajstić information content (AvgIpc) is 3.59. The number of hydrogen-bond donors (Lipinski definition) is 0. The maximum Gasteiger partial charge on any atom is 0.180 e. The molecular weight excluding hydrogens is 388 g/mol. The van der Waals surface area contributed by atoms with Crippen LogP contribution in [-0.2, 0) is 7.05 Å². The Bertz CT molecular complexity index is 1260. The van der Waals surface area contributed by atoms with Gasteiger partial charge < -0.3 is 0 Å². The minimum absolute atomic E-state index is 0.380. The molecule has 0 N–H and O–H groups in total. The summed E-state index contributed by atoms with van der Waals surface area (Å²) in [6.07, 6.45) is 5.61. The Balaban J connectivity index is 1.32. The predicted molar refractivity (Wildman–Crippen MR) is 108 cm³/mol. The normalized spacial score (nSPS) is 21.2. The summed E-state index contributed by atoms with van der Waals surface area (Å²) in [7, 11) is 1.97. The molecule has 0 bridgehead atoms. The van der Waals surface area contributed by atoms with Gasteiger partial charge in [0.25, 0.3) is 0 Å². The molecule has 8 nitrogen and oxygen atoms in total. The van der Waals surface area contributed by atoms with Gasteiger partial charge in [0.1, 0.15) is 5.69 Å². The molecule has 2 atom stereocenters. The van der Waals surface area contributed by atoms with Gasteiger partial charge in [0.2, 0.25) is 0 Å². The summed E-state index contributed by atoms with van der Waals surface area (Å²) >= 11 is 6.43. The minimum Gasteiger partial charge on any atom is -0.268 e. The zero-order valence-electron chi connectivity index (χ0n) is 16.5. The van der Waals surface area contributed by atoms with Crippen molar-refractivity contribution in [2.75, 3.05) is 0 Å². The number of rotatable bonds is 4. The fourth-order valence-corrected chi connectivity index (χ4v) is 4.47. The van der Waals surface area contributed by atoms with Gasteiger partial charge in [0.15, 0.2) is 16.6 Å². The van der Waals surface area contributed by atoms with Gasteiger partial charge in [-0.05, 0) is 56.7 Å². The van der Waals surface area contributed by atoms with Crippen LogP contribution in [-0.4, -0.2) is 39.4 Å². The van der Waals surface area contributed by atoms with Gasteiger partial charge in [0, 0.05) is 24.7 Å². The lowest BCUT2D eigenvalue weighted by atomic mass is 10.1. The van der Waals surface area contributed by atoms with Crippen LogP contribution in [0.15, 0.2) is 18.3 Å². The molecule has 4 aromatic heterocycles. The molecule has 0 amide bonds. The van der Waals surface area contributed by atoms with E-state index in [1.165, 1.54) is 12.8 Å². The van der Waals surface area contributed by atoms with Gasteiger partial charge in [-0.2, -0.15) is 19.8 Å². The molecule has 2 aliphatic carbocycles. The lowest BCUT2D eigenvalue weighted by Gasteiger charge is -2.04. The van der Waals surface area contributed by atoms with E-state index >= 15 is 0 Å². The van der Waals surface area contributed by atoms with E-state index in [9.17, 15) is 0 Å². The molecule has 9 heteroatoms. The summed E-state index contributed by atoms with van der Waals surface area (Å²) in [6, 6.07) is 4.74. The van der Waals surface area contributed by atoms with Gasteiger partial charge in [0.05, 0.1) is 17.4 Å². The molecule has 29 heavy (non-hydrogen) atoms. The van der Waals surface area contributed by atoms with Gasteiger partial charge in [-0.1, -0.05) is 11.6 Å². The molecule has 0 saturated heterocycles. The molecule has 6 rings (SSSR count). The summed E-state index contributed by atoms with van der Waals surface area (Å²) < 4.78 is 5.75. The van der Waals surface area contributed by atoms with Crippen LogP contribution in [0.3, 0.4) is 0 Å². The highest BCUT2D eigenvalue weighted by Gasteiger charge is 2.44. The Hall–Kier alpha value is -2.74. The van der Waals surface area contributed by atoms with Crippen LogP contribution in [0.5, 0.6) is 0 Å². The van der Waals surface area contributed by atoms with Crippen LogP contribution < -0.4 is 0 Å². The minimum atomic E-state index is 0.380. The maximum atomic E-state index is 6.43. The molecule has 2 aliphatic rings. The Kier molecular flexibility index (Phi) is 3.48. The Morgan fingerprint density at radius 1 is 1.03 bits per heavy atom. The number of nitrogens with zero attached hydrogens (tertiary/aromatic N) is 8. The third kappa shape index (κ3) is 2.69. The maximum absolute atomic E-state index is 6.43. The SMILES string of the molecule is Cc1cc(-c2cc(C3CC3c3cn(C4CC4)nc3Cl)nn2C)nn2c(C)nnc12. The Labute approximate surface area is 172 Å². The molecule has 4 heterocycles. The van der Waals surface area contributed by atoms with Crippen molar-refractivity contribution in [1.82, 2.24) is 39.4 Å². The van der Waals surface area contributed by atoms with Crippen molar-refractivity contribution in [3.63, 3.8) is 0 Å². The standard InChI is InChI=1S/C20H21ClN8/c1-10-6-17(25-29-11(2)22-23-20(10)29)18-8-16(24-27(18)3)14-7-13(14)15-9-28(12-4-5-12)26-19(15)21/h6,8-9,12-14H,4-5,7H2,1-3H3. The van der Waals surface area contributed by atoms with Crippen LogP contribution in [0.4, 0.5) is 0 Å². The highest BCUT2D eigenvalue weighted by molar-refractivity contribution is 6.30. The molecule has 0 spiro atoms. The summed E-state index contributed by atoms with van der Waals surface area (Å²) in [5.41, 5.74) is 5.94. The largest absolute Gasteiger partial charge is 0.268 e. The van der Waals surface area contributed by atoms with Crippen molar-refractivity contribution in [2.24, 2.45) is 7.05 Å². The smallest absolute Gasteiger partial charge is 0.180 e. The van der Waals surface area contributed by atoms with Gasteiger partial charge >= 0.3 is 0 Å². The van der Waals surface area contributed by atoms with E-state index in [4.69, 9.17) is 21.8 Å². The van der Waals surface area contributed by atoms with Crippen molar-refractivity contribution in [2.45, 2.75) is 51.0 Å². The van der Waals surface area contributed by atoms with Gasteiger partial charge in [-0.3, -0.25) is 9.36 Å². The third-order valence-electron chi connectivity index (χ3n) is 6.08. The van der Waals surface area contributed by atoms with E-state index in [2.05, 4.69) is 27.6 Å². The number of aromatic nitrogens is 8. The molecule has 0 radical (unpaired) electrons. The molecular formula is C20H21ClN8. The first-order chi connectivity index (χ1) is 14.0. The molecule has 0 aliphatic heterocycles. The highest BCUT2D eigenvalue weighted by atomic mass is 35.5. The van der Waals surface area contributed by atoms with E-state index in [1.54, 1.807) is 4.52 Å². The van der Waals surface area contributed by atoms with E-state index in [0.717, 1.165) is 46.1 Å². The van der Waals surface area contributed by atoms with Crippen LogP contribution in [0.25, 0.3) is 17.0 Å². The van der Waals surface area contributed by atoms with Crippen LogP contribution in [0.2, 0.25) is 5.15 Å². The van der Waals surface area contributed by atoms with Crippen molar-refractivity contribution >= 4 is 17.2 Å². The first-order valence-corrected chi connectivity index (χ1v) is 10.4. The lowest BCUT2D eigenvalue weighted by Crippen LogP contribution is -2.02. The van der Waals surface area contributed by atoms with Gasteiger partial charge in [-0.15, -0.1) is 10.2 Å². The Morgan fingerprint density at radius 2 is 1.86 bits per heavy atom. The van der Waals surface area contributed by atoms with E-state index in [0.29, 0.717) is 23.0 Å². The first kappa shape index (κ1) is 17.1. The third-order valence-corrected chi connectivity index (χ3v) is 6.37. The quantitative estimate of drug-likeness (QED) is 0.515. The van der Waals surface area contributed by atoms with Crippen LogP contribution >= 0.6 is 11.6 Å². The van der Waals surface area contributed by atoms with Gasteiger partial charge in [-0.25, -0.2) is 0 Å². The molecule has 148 valence electrons. The lowest BCUT2D eigenvalue weighted by molar-refractivity contribution is 0.641. The van der Waals surface area contributed by atoms with E-state index in [1.807, 2.05) is 36.3 Å². The summed E-state index contributed by atoms with van der Waals surface area (Å²) in [5, 5.41) is 23.0. The highest BCUT2D eigenvalue weighted by Crippen LogP contribution is 2.56. The number of aryl methyl sites for hydroxylation is 3. The zero-order valence-corrected chi connectivity index (χ0v) is 17.3.